The molecule has 0 spiro atoms. The van der Waals surface area contributed by atoms with E-state index in [-0.39, 0.29) is 6.61 Å². The average Bonchev–Trinajstić information content (AvgIpc) is 2.34. The van der Waals surface area contributed by atoms with Crippen LogP contribution in [0.1, 0.15) is 37.8 Å². The van der Waals surface area contributed by atoms with Crippen molar-refractivity contribution in [3.05, 3.63) is 29.3 Å². The molecular weight excluding hydrogens is 244 g/mol. The maximum Gasteiger partial charge on any atom is 0.119 e. The Morgan fingerprint density at radius 3 is 2.56 bits per heavy atom. The highest BCUT2D eigenvalue weighted by Gasteiger charge is 2.05. The predicted molar refractivity (Wildman–Crippen MR) is 79.8 cm³/mol. The lowest BCUT2D eigenvalue weighted by molar-refractivity contribution is 0.299. The molecule has 2 nitrogen and oxygen atoms in total. The van der Waals surface area contributed by atoms with Crippen LogP contribution in [0, 0.1) is 6.92 Å². The van der Waals surface area contributed by atoms with Gasteiger partial charge in [-0.25, -0.2) is 0 Å². The molecule has 1 aromatic carbocycles. The molecule has 1 atom stereocenters. The van der Waals surface area contributed by atoms with Gasteiger partial charge in [-0.15, -0.1) is 0 Å². The lowest BCUT2D eigenvalue weighted by Crippen LogP contribution is -2.07. The summed E-state index contributed by atoms with van der Waals surface area (Å²) in [5.41, 5.74) is 2.67. The van der Waals surface area contributed by atoms with E-state index in [1.54, 1.807) is 11.8 Å². The fourth-order valence-corrected chi connectivity index (χ4v) is 2.53. The zero-order valence-electron chi connectivity index (χ0n) is 11.8. The van der Waals surface area contributed by atoms with Crippen LogP contribution >= 0.6 is 11.8 Å². The molecule has 0 saturated carbocycles. The average molecular weight is 268 g/mol. The second kappa shape index (κ2) is 7.70. The molecule has 0 aliphatic rings. The number of hydrogen-bond donors (Lipinski definition) is 1. The smallest absolute Gasteiger partial charge is 0.119 e. The van der Waals surface area contributed by atoms with Gasteiger partial charge in [-0.2, -0.15) is 11.8 Å². The Hall–Kier alpha value is -0.670. The molecule has 0 radical (unpaired) electrons. The molecule has 0 heterocycles. The van der Waals surface area contributed by atoms with Crippen molar-refractivity contribution in [3.8, 4) is 5.75 Å². The summed E-state index contributed by atoms with van der Waals surface area (Å²) in [6.45, 7) is 9.48. The maximum atomic E-state index is 8.91. The fraction of sp³-hybridized carbons (Fsp3) is 0.600. The van der Waals surface area contributed by atoms with E-state index >= 15 is 0 Å². The predicted octanol–water partition coefficient (Wildman–Crippen LogP) is 3.61. The van der Waals surface area contributed by atoms with Crippen molar-refractivity contribution >= 4 is 11.8 Å². The number of aliphatic hydroxyl groups excluding tert-OH is 1. The van der Waals surface area contributed by atoms with Crippen LogP contribution in [0.2, 0.25) is 0 Å². The second-order valence-corrected chi connectivity index (χ2v) is 6.43. The fourth-order valence-electron chi connectivity index (χ4n) is 1.85. The molecule has 0 bridgehead atoms. The third kappa shape index (κ3) is 4.91. The van der Waals surface area contributed by atoms with Gasteiger partial charge in [0.25, 0.3) is 0 Å². The normalized spacial score (nSPS) is 12.8. The molecule has 0 aromatic heterocycles. The summed E-state index contributed by atoms with van der Waals surface area (Å²) in [7, 11) is 0. The highest BCUT2D eigenvalue weighted by Crippen LogP contribution is 2.23. The van der Waals surface area contributed by atoms with Crippen LogP contribution in [-0.4, -0.2) is 29.3 Å². The number of ether oxygens (including phenoxy) is 1. The van der Waals surface area contributed by atoms with Crippen LogP contribution in [0.5, 0.6) is 5.75 Å². The molecule has 1 aromatic rings. The van der Waals surface area contributed by atoms with Crippen LogP contribution in [0.4, 0.5) is 0 Å². The Morgan fingerprint density at radius 1 is 1.28 bits per heavy atom. The van der Waals surface area contributed by atoms with E-state index in [9.17, 15) is 0 Å². The summed E-state index contributed by atoms with van der Waals surface area (Å²) >= 11 is 1.73. The number of rotatable bonds is 7. The quantitative estimate of drug-likeness (QED) is 0.766. The molecule has 1 N–H and O–H groups in total. The molecule has 0 aliphatic heterocycles. The van der Waals surface area contributed by atoms with Crippen molar-refractivity contribution in [1.29, 1.82) is 0 Å². The zero-order chi connectivity index (χ0) is 13.5. The zero-order valence-corrected chi connectivity index (χ0v) is 12.6. The first-order valence-corrected chi connectivity index (χ1v) is 7.55. The van der Waals surface area contributed by atoms with Gasteiger partial charge in [0.1, 0.15) is 5.75 Å². The molecule has 0 aliphatic carbocycles. The lowest BCUT2D eigenvalue weighted by Gasteiger charge is -2.13. The van der Waals surface area contributed by atoms with Gasteiger partial charge in [-0.1, -0.05) is 26.8 Å². The molecule has 0 amide bonds. The van der Waals surface area contributed by atoms with Gasteiger partial charge in [0, 0.05) is 11.0 Å². The summed E-state index contributed by atoms with van der Waals surface area (Å²) in [6.07, 6.45) is 0. The highest BCUT2D eigenvalue weighted by atomic mass is 32.2. The summed E-state index contributed by atoms with van der Waals surface area (Å²) in [4.78, 5) is 0. The van der Waals surface area contributed by atoms with Crippen LogP contribution in [0.25, 0.3) is 0 Å². The Balaban J connectivity index is 2.42. The number of benzene rings is 1. The topological polar surface area (TPSA) is 29.5 Å². The Morgan fingerprint density at radius 2 is 2.00 bits per heavy atom. The molecular formula is C15H24O2S. The standard InChI is InChI=1S/C15H24O2S/c1-11(2)15-6-5-14(9-12(15)3)17-7-8-18-13(4)10-16/h5-6,9,11,13,16H,7-8,10H2,1-4H3. The van der Waals surface area contributed by atoms with E-state index in [1.807, 2.05) is 13.0 Å². The van der Waals surface area contributed by atoms with Crippen LogP contribution in [0.15, 0.2) is 18.2 Å². The summed E-state index contributed by atoms with van der Waals surface area (Å²) < 4.78 is 5.71. The third-order valence-corrected chi connectivity index (χ3v) is 4.00. The minimum atomic E-state index is 0.229. The Labute approximate surface area is 115 Å². The van der Waals surface area contributed by atoms with Crippen LogP contribution < -0.4 is 4.74 Å². The highest BCUT2D eigenvalue weighted by molar-refractivity contribution is 7.99. The van der Waals surface area contributed by atoms with Gasteiger partial charge in [-0.3, -0.25) is 0 Å². The molecule has 3 heteroatoms. The molecule has 1 unspecified atom stereocenters. The van der Waals surface area contributed by atoms with Crippen molar-refractivity contribution in [3.63, 3.8) is 0 Å². The number of thioether (sulfide) groups is 1. The summed E-state index contributed by atoms with van der Waals surface area (Å²) in [5, 5.41) is 9.20. The maximum absolute atomic E-state index is 8.91. The van der Waals surface area contributed by atoms with Crippen molar-refractivity contribution in [2.75, 3.05) is 19.0 Å². The molecule has 1 rings (SSSR count). The molecule has 0 saturated heterocycles. The van der Waals surface area contributed by atoms with Gasteiger partial charge < -0.3 is 9.84 Å². The first kappa shape index (κ1) is 15.4. The summed E-state index contributed by atoms with van der Waals surface area (Å²) in [5.74, 6) is 2.40. The van der Waals surface area contributed by atoms with Gasteiger partial charge in [0.05, 0.1) is 13.2 Å². The van der Waals surface area contributed by atoms with E-state index in [0.29, 0.717) is 17.8 Å². The van der Waals surface area contributed by atoms with Crippen LogP contribution in [-0.2, 0) is 0 Å². The van der Waals surface area contributed by atoms with E-state index < -0.39 is 0 Å². The minimum absolute atomic E-state index is 0.229. The summed E-state index contributed by atoms with van der Waals surface area (Å²) in [6, 6.07) is 6.30. The Kier molecular flexibility index (Phi) is 6.58. The van der Waals surface area contributed by atoms with Crippen LogP contribution in [0.3, 0.4) is 0 Å². The molecule has 102 valence electrons. The SMILES string of the molecule is Cc1cc(OCCSC(C)CO)ccc1C(C)C. The largest absolute Gasteiger partial charge is 0.493 e. The third-order valence-electron chi connectivity index (χ3n) is 2.87. The van der Waals surface area contributed by atoms with Gasteiger partial charge in [-0.05, 0) is 36.1 Å². The minimum Gasteiger partial charge on any atom is -0.493 e. The van der Waals surface area contributed by atoms with Gasteiger partial charge >= 0.3 is 0 Å². The number of hydrogen-bond acceptors (Lipinski definition) is 3. The van der Waals surface area contributed by atoms with Gasteiger partial charge in [0.2, 0.25) is 0 Å². The first-order valence-electron chi connectivity index (χ1n) is 6.50. The van der Waals surface area contributed by atoms with Crippen molar-refractivity contribution in [1.82, 2.24) is 0 Å². The van der Waals surface area contributed by atoms with E-state index in [0.717, 1.165) is 11.5 Å². The van der Waals surface area contributed by atoms with E-state index in [2.05, 4.69) is 32.9 Å². The molecule has 18 heavy (non-hydrogen) atoms. The van der Waals surface area contributed by atoms with Gasteiger partial charge in [0.15, 0.2) is 0 Å². The van der Waals surface area contributed by atoms with Crippen molar-refractivity contribution < 1.29 is 9.84 Å². The van der Waals surface area contributed by atoms with E-state index in [4.69, 9.17) is 9.84 Å². The Bertz CT molecular complexity index is 364. The number of aryl methyl sites for hydroxylation is 1. The monoisotopic (exact) mass is 268 g/mol. The first-order chi connectivity index (χ1) is 8.54. The van der Waals surface area contributed by atoms with E-state index in [1.165, 1.54) is 11.1 Å². The lowest BCUT2D eigenvalue weighted by atomic mass is 9.98. The second-order valence-electron chi connectivity index (χ2n) is 4.89. The van der Waals surface area contributed by atoms with Crippen molar-refractivity contribution in [2.24, 2.45) is 0 Å². The van der Waals surface area contributed by atoms with Crippen molar-refractivity contribution in [2.45, 2.75) is 38.9 Å². The molecule has 0 fully saturated rings. The number of aliphatic hydroxyl groups is 1.